The zero-order valence-corrected chi connectivity index (χ0v) is 18.0. The molecule has 1 aliphatic rings. The molecule has 0 saturated carbocycles. The highest BCUT2D eigenvalue weighted by molar-refractivity contribution is 7.17. The fourth-order valence-electron chi connectivity index (χ4n) is 3.76. The first kappa shape index (κ1) is 20.3. The predicted octanol–water partition coefficient (Wildman–Crippen LogP) is 4.78. The average molecular weight is 426 g/mol. The van der Waals surface area contributed by atoms with E-state index in [1.54, 1.807) is 19.1 Å². The lowest BCUT2D eigenvalue weighted by Gasteiger charge is -2.12. The fourth-order valence-corrected chi connectivity index (χ4v) is 5.03. The number of esters is 1. The summed E-state index contributed by atoms with van der Waals surface area (Å²) in [5.41, 5.74) is 3.44. The molecule has 2 aromatic heterocycles. The van der Waals surface area contributed by atoms with Crippen molar-refractivity contribution in [3.05, 3.63) is 61.3 Å². The lowest BCUT2D eigenvalue weighted by atomic mass is 9.95. The minimum atomic E-state index is -0.559. The standard InChI is InChI=1S/C23H23NO5S/c1-4-28-23(27)20-14-7-5-6-8-19(14)30-22(20)24-21(26)18-11-16(25)15-9-12(2)13(3)10-17(15)29-18/h9-11H,4-8H2,1-3H3,(H,24,26). The van der Waals surface area contributed by atoms with Crippen molar-refractivity contribution in [2.75, 3.05) is 11.9 Å². The van der Waals surface area contributed by atoms with Gasteiger partial charge in [0.2, 0.25) is 0 Å². The summed E-state index contributed by atoms with van der Waals surface area (Å²) in [7, 11) is 0. The van der Waals surface area contributed by atoms with Gasteiger partial charge in [-0.25, -0.2) is 4.79 Å². The van der Waals surface area contributed by atoms with Crippen LogP contribution in [0.1, 0.15) is 62.2 Å². The molecule has 156 valence electrons. The molecule has 1 aliphatic carbocycles. The number of anilines is 1. The summed E-state index contributed by atoms with van der Waals surface area (Å²) in [5, 5.41) is 3.68. The molecular formula is C23H23NO5S. The Labute approximate surface area is 177 Å². The van der Waals surface area contributed by atoms with Gasteiger partial charge in [-0.1, -0.05) is 0 Å². The van der Waals surface area contributed by atoms with Crippen molar-refractivity contribution in [1.29, 1.82) is 0 Å². The Kier molecular flexibility index (Phi) is 5.47. The second-order valence-corrected chi connectivity index (χ2v) is 8.60. The molecule has 3 aromatic rings. The monoisotopic (exact) mass is 425 g/mol. The van der Waals surface area contributed by atoms with Crippen molar-refractivity contribution in [3.63, 3.8) is 0 Å². The number of amides is 1. The molecular weight excluding hydrogens is 402 g/mol. The van der Waals surface area contributed by atoms with Crippen LogP contribution in [0.15, 0.2) is 27.4 Å². The maximum Gasteiger partial charge on any atom is 0.341 e. The van der Waals surface area contributed by atoms with E-state index >= 15 is 0 Å². The Morgan fingerprint density at radius 3 is 2.63 bits per heavy atom. The van der Waals surface area contributed by atoms with Gasteiger partial charge in [0.05, 0.1) is 17.6 Å². The van der Waals surface area contributed by atoms with E-state index in [1.165, 1.54) is 17.4 Å². The van der Waals surface area contributed by atoms with Gasteiger partial charge in [0, 0.05) is 10.9 Å². The third-order valence-electron chi connectivity index (χ3n) is 5.45. The first-order valence-electron chi connectivity index (χ1n) is 10.1. The molecule has 7 heteroatoms. The van der Waals surface area contributed by atoms with Crippen molar-refractivity contribution in [1.82, 2.24) is 0 Å². The molecule has 0 atom stereocenters. The van der Waals surface area contributed by atoms with Crippen LogP contribution in [0.4, 0.5) is 5.00 Å². The summed E-state index contributed by atoms with van der Waals surface area (Å²) in [6, 6.07) is 4.73. The quantitative estimate of drug-likeness (QED) is 0.608. The van der Waals surface area contributed by atoms with Crippen molar-refractivity contribution in [3.8, 4) is 0 Å². The summed E-state index contributed by atoms with van der Waals surface area (Å²) >= 11 is 1.40. The van der Waals surface area contributed by atoms with Gasteiger partial charge in [0.25, 0.3) is 5.91 Å². The van der Waals surface area contributed by atoms with E-state index in [-0.39, 0.29) is 17.8 Å². The van der Waals surface area contributed by atoms with Gasteiger partial charge in [-0.05, 0) is 75.3 Å². The van der Waals surface area contributed by atoms with Gasteiger partial charge in [0.1, 0.15) is 10.6 Å². The number of aryl methyl sites for hydroxylation is 3. The van der Waals surface area contributed by atoms with Crippen molar-refractivity contribution in [2.45, 2.75) is 46.5 Å². The molecule has 4 rings (SSSR count). The number of carbonyl (C=O) groups is 2. The molecule has 0 saturated heterocycles. The van der Waals surface area contributed by atoms with Crippen LogP contribution < -0.4 is 10.7 Å². The lowest BCUT2D eigenvalue weighted by molar-refractivity contribution is 0.0526. The number of hydrogen-bond donors (Lipinski definition) is 1. The molecule has 0 aliphatic heterocycles. The number of rotatable bonds is 4. The van der Waals surface area contributed by atoms with Crippen LogP contribution in [0, 0.1) is 13.8 Å². The van der Waals surface area contributed by atoms with Crippen LogP contribution in [-0.4, -0.2) is 18.5 Å². The van der Waals surface area contributed by atoms with Crippen LogP contribution in [0.25, 0.3) is 11.0 Å². The molecule has 1 aromatic carbocycles. The normalized spacial score (nSPS) is 13.2. The van der Waals surface area contributed by atoms with E-state index in [4.69, 9.17) is 9.15 Å². The van der Waals surface area contributed by atoms with Crippen LogP contribution in [0.2, 0.25) is 0 Å². The Morgan fingerprint density at radius 1 is 1.13 bits per heavy atom. The van der Waals surface area contributed by atoms with Crippen molar-refractivity contribution < 1.29 is 18.7 Å². The smallest absolute Gasteiger partial charge is 0.341 e. The van der Waals surface area contributed by atoms with Gasteiger partial charge in [-0.2, -0.15) is 0 Å². The second-order valence-electron chi connectivity index (χ2n) is 7.50. The molecule has 0 unspecified atom stereocenters. The topological polar surface area (TPSA) is 85.6 Å². The number of fused-ring (bicyclic) bond motifs is 2. The summed E-state index contributed by atoms with van der Waals surface area (Å²) in [4.78, 5) is 39.1. The number of benzene rings is 1. The van der Waals surface area contributed by atoms with E-state index in [9.17, 15) is 14.4 Å². The van der Waals surface area contributed by atoms with Crippen LogP contribution in [0.3, 0.4) is 0 Å². The van der Waals surface area contributed by atoms with Gasteiger partial charge in [-0.15, -0.1) is 11.3 Å². The minimum Gasteiger partial charge on any atom is -0.462 e. The average Bonchev–Trinajstić information content (AvgIpc) is 3.07. The third-order valence-corrected chi connectivity index (χ3v) is 6.65. The molecule has 0 fully saturated rings. The number of nitrogens with one attached hydrogen (secondary N) is 1. The zero-order valence-electron chi connectivity index (χ0n) is 17.2. The highest BCUT2D eigenvalue weighted by atomic mass is 32.1. The summed E-state index contributed by atoms with van der Waals surface area (Å²) in [6.45, 7) is 5.85. The molecule has 0 bridgehead atoms. The molecule has 1 N–H and O–H groups in total. The Balaban J connectivity index is 1.72. The first-order valence-corrected chi connectivity index (χ1v) is 10.9. The molecule has 0 radical (unpaired) electrons. The number of hydrogen-bond acceptors (Lipinski definition) is 6. The van der Waals surface area contributed by atoms with Gasteiger partial charge < -0.3 is 14.5 Å². The Bertz CT molecular complexity index is 1220. The number of ether oxygens (including phenoxy) is 1. The molecule has 0 spiro atoms. The van der Waals surface area contributed by atoms with Crippen LogP contribution in [-0.2, 0) is 17.6 Å². The molecule has 2 heterocycles. The summed E-state index contributed by atoms with van der Waals surface area (Å²) < 4.78 is 11.0. The first-order chi connectivity index (χ1) is 14.4. The lowest BCUT2D eigenvalue weighted by Crippen LogP contribution is -2.17. The van der Waals surface area contributed by atoms with Gasteiger partial charge >= 0.3 is 5.97 Å². The van der Waals surface area contributed by atoms with E-state index in [2.05, 4.69) is 5.32 Å². The fraction of sp³-hybridized carbons (Fsp3) is 0.348. The van der Waals surface area contributed by atoms with Crippen molar-refractivity contribution in [2.24, 2.45) is 0 Å². The van der Waals surface area contributed by atoms with Crippen LogP contribution in [0.5, 0.6) is 0 Å². The summed E-state index contributed by atoms with van der Waals surface area (Å²) in [6.07, 6.45) is 3.73. The highest BCUT2D eigenvalue weighted by Crippen LogP contribution is 2.38. The zero-order chi connectivity index (χ0) is 21.4. The summed E-state index contributed by atoms with van der Waals surface area (Å²) in [5.74, 6) is -1.08. The minimum absolute atomic E-state index is 0.0862. The molecule has 6 nitrogen and oxygen atoms in total. The Morgan fingerprint density at radius 2 is 1.87 bits per heavy atom. The predicted molar refractivity (Wildman–Crippen MR) is 117 cm³/mol. The van der Waals surface area contributed by atoms with E-state index in [0.29, 0.717) is 21.5 Å². The van der Waals surface area contributed by atoms with E-state index in [0.717, 1.165) is 47.3 Å². The number of thiophene rings is 1. The van der Waals surface area contributed by atoms with Crippen molar-refractivity contribution >= 4 is 39.2 Å². The SMILES string of the molecule is CCOC(=O)c1c(NC(=O)c2cc(=O)c3cc(C)c(C)cc3o2)sc2c1CCCC2. The van der Waals surface area contributed by atoms with Crippen LogP contribution >= 0.6 is 11.3 Å². The molecule has 1 amide bonds. The van der Waals surface area contributed by atoms with E-state index < -0.39 is 11.9 Å². The maximum atomic E-state index is 12.9. The van der Waals surface area contributed by atoms with Gasteiger partial charge in [0.15, 0.2) is 11.2 Å². The molecule has 30 heavy (non-hydrogen) atoms. The van der Waals surface area contributed by atoms with E-state index in [1.807, 2.05) is 13.8 Å². The second kappa shape index (κ2) is 8.07. The Hall–Kier alpha value is -2.93. The third kappa shape index (κ3) is 3.65. The highest BCUT2D eigenvalue weighted by Gasteiger charge is 2.28. The number of carbonyl (C=O) groups excluding carboxylic acids is 2. The van der Waals surface area contributed by atoms with Gasteiger partial charge in [-0.3, -0.25) is 9.59 Å². The largest absolute Gasteiger partial charge is 0.462 e. The maximum absolute atomic E-state index is 12.9.